The third-order valence-electron chi connectivity index (χ3n) is 2.53. The Kier molecular flexibility index (Phi) is 3.91. The number of hydrogen-bond acceptors (Lipinski definition) is 2. The summed E-state index contributed by atoms with van der Waals surface area (Å²) >= 11 is 3.30. The van der Waals surface area contributed by atoms with E-state index >= 15 is 0 Å². The van der Waals surface area contributed by atoms with Crippen molar-refractivity contribution in [1.82, 2.24) is 4.98 Å². The van der Waals surface area contributed by atoms with Gasteiger partial charge in [0.2, 0.25) is 0 Å². The van der Waals surface area contributed by atoms with Gasteiger partial charge in [0.1, 0.15) is 4.60 Å². The van der Waals surface area contributed by atoms with Crippen LogP contribution in [0.25, 0.3) is 0 Å². The zero-order valence-electron chi connectivity index (χ0n) is 9.67. The van der Waals surface area contributed by atoms with E-state index in [1.54, 1.807) is 12.3 Å². The summed E-state index contributed by atoms with van der Waals surface area (Å²) in [7, 11) is 0. The van der Waals surface area contributed by atoms with Crippen LogP contribution in [0.3, 0.4) is 0 Å². The monoisotopic (exact) mass is 312 g/mol. The number of anilines is 1. The Labute approximate surface area is 112 Å². The Morgan fingerprint density at radius 1 is 1.33 bits per heavy atom. The van der Waals surface area contributed by atoms with E-state index in [9.17, 15) is 8.78 Å². The zero-order valence-corrected chi connectivity index (χ0v) is 11.3. The topological polar surface area (TPSA) is 24.9 Å². The first-order valence-electron chi connectivity index (χ1n) is 5.37. The van der Waals surface area contributed by atoms with Crippen LogP contribution >= 0.6 is 15.9 Å². The highest BCUT2D eigenvalue weighted by atomic mass is 79.9. The SMILES string of the molecule is Cc1cc(NCc2cccc(F)c2F)cnc1Br. The lowest BCUT2D eigenvalue weighted by Gasteiger charge is -2.08. The van der Waals surface area contributed by atoms with E-state index in [0.29, 0.717) is 0 Å². The van der Waals surface area contributed by atoms with E-state index in [0.717, 1.165) is 21.9 Å². The molecule has 2 rings (SSSR count). The van der Waals surface area contributed by atoms with E-state index in [1.807, 2.05) is 13.0 Å². The fraction of sp³-hybridized carbons (Fsp3) is 0.154. The van der Waals surface area contributed by atoms with Crippen LogP contribution in [-0.4, -0.2) is 4.98 Å². The Balaban J connectivity index is 2.11. The van der Waals surface area contributed by atoms with Crippen molar-refractivity contribution in [3.8, 4) is 0 Å². The first-order valence-corrected chi connectivity index (χ1v) is 6.16. The van der Waals surface area contributed by atoms with Crippen LogP contribution in [0.2, 0.25) is 0 Å². The lowest BCUT2D eigenvalue weighted by Crippen LogP contribution is -2.03. The molecule has 0 saturated carbocycles. The molecule has 2 nitrogen and oxygen atoms in total. The van der Waals surface area contributed by atoms with Gasteiger partial charge in [-0.25, -0.2) is 13.8 Å². The molecule has 0 unspecified atom stereocenters. The van der Waals surface area contributed by atoms with Crippen LogP contribution in [0, 0.1) is 18.6 Å². The number of nitrogens with zero attached hydrogens (tertiary/aromatic N) is 1. The summed E-state index contributed by atoms with van der Waals surface area (Å²) in [6.07, 6.45) is 1.63. The standard InChI is InChI=1S/C13H11BrF2N2/c1-8-5-10(7-18-13(8)14)17-6-9-3-2-4-11(15)12(9)16/h2-5,7,17H,6H2,1H3. The summed E-state index contributed by atoms with van der Waals surface area (Å²) in [5.41, 5.74) is 2.02. The van der Waals surface area contributed by atoms with Gasteiger partial charge in [0.25, 0.3) is 0 Å². The molecule has 1 heterocycles. The van der Waals surface area contributed by atoms with E-state index in [2.05, 4.69) is 26.2 Å². The van der Waals surface area contributed by atoms with Crippen molar-refractivity contribution in [2.75, 3.05) is 5.32 Å². The molecule has 0 fully saturated rings. The van der Waals surface area contributed by atoms with Crippen LogP contribution in [0.1, 0.15) is 11.1 Å². The first-order chi connectivity index (χ1) is 8.58. The molecule has 0 spiro atoms. The van der Waals surface area contributed by atoms with Crippen molar-refractivity contribution in [1.29, 1.82) is 0 Å². The molecule has 0 radical (unpaired) electrons. The molecule has 1 aromatic carbocycles. The third-order valence-corrected chi connectivity index (χ3v) is 3.36. The van der Waals surface area contributed by atoms with E-state index in [-0.39, 0.29) is 12.1 Å². The second-order valence-electron chi connectivity index (χ2n) is 3.90. The molecule has 0 aliphatic carbocycles. The molecule has 2 aromatic rings. The second kappa shape index (κ2) is 5.44. The smallest absolute Gasteiger partial charge is 0.163 e. The number of rotatable bonds is 3. The molecule has 0 atom stereocenters. The first kappa shape index (κ1) is 13.0. The van der Waals surface area contributed by atoms with Gasteiger partial charge in [0.15, 0.2) is 11.6 Å². The number of aromatic nitrogens is 1. The summed E-state index contributed by atoms with van der Waals surface area (Å²) in [6.45, 7) is 2.12. The van der Waals surface area contributed by atoms with Gasteiger partial charge in [-0.2, -0.15) is 0 Å². The van der Waals surface area contributed by atoms with Gasteiger partial charge >= 0.3 is 0 Å². The van der Waals surface area contributed by atoms with Gasteiger partial charge in [-0.05, 0) is 40.5 Å². The molecule has 5 heteroatoms. The Morgan fingerprint density at radius 2 is 2.11 bits per heavy atom. The average molecular weight is 313 g/mol. The number of aryl methyl sites for hydroxylation is 1. The van der Waals surface area contributed by atoms with Crippen LogP contribution in [0.4, 0.5) is 14.5 Å². The van der Waals surface area contributed by atoms with Crippen molar-refractivity contribution >= 4 is 21.6 Å². The van der Waals surface area contributed by atoms with Crippen molar-refractivity contribution in [2.45, 2.75) is 13.5 Å². The minimum absolute atomic E-state index is 0.215. The lowest BCUT2D eigenvalue weighted by atomic mass is 10.2. The van der Waals surface area contributed by atoms with E-state index in [4.69, 9.17) is 0 Å². The second-order valence-corrected chi connectivity index (χ2v) is 4.65. The molecule has 94 valence electrons. The minimum atomic E-state index is -0.834. The molecule has 1 aromatic heterocycles. The largest absolute Gasteiger partial charge is 0.380 e. The van der Waals surface area contributed by atoms with Crippen LogP contribution < -0.4 is 5.32 Å². The molecule has 18 heavy (non-hydrogen) atoms. The highest BCUT2D eigenvalue weighted by molar-refractivity contribution is 9.10. The predicted molar refractivity (Wildman–Crippen MR) is 70.4 cm³/mol. The van der Waals surface area contributed by atoms with Gasteiger partial charge in [-0.15, -0.1) is 0 Å². The fourth-order valence-electron chi connectivity index (χ4n) is 1.54. The van der Waals surface area contributed by atoms with E-state index < -0.39 is 11.6 Å². The van der Waals surface area contributed by atoms with E-state index in [1.165, 1.54) is 6.07 Å². The Morgan fingerprint density at radius 3 is 2.83 bits per heavy atom. The van der Waals surface area contributed by atoms with Gasteiger partial charge < -0.3 is 5.32 Å². The third kappa shape index (κ3) is 2.85. The van der Waals surface area contributed by atoms with Gasteiger partial charge in [-0.3, -0.25) is 0 Å². The van der Waals surface area contributed by atoms with Crippen LogP contribution in [0.5, 0.6) is 0 Å². The summed E-state index contributed by atoms with van der Waals surface area (Å²) in [4.78, 5) is 4.12. The number of benzene rings is 1. The summed E-state index contributed by atoms with van der Waals surface area (Å²) in [6, 6.07) is 6.02. The van der Waals surface area contributed by atoms with Gasteiger partial charge in [0.05, 0.1) is 11.9 Å². The average Bonchev–Trinajstić information content (AvgIpc) is 2.35. The molecule has 0 aliphatic rings. The molecule has 1 N–H and O–H groups in total. The summed E-state index contributed by atoms with van der Waals surface area (Å²) < 4.78 is 27.2. The van der Waals surface area contributed by atoms with Crippen molar-refractivity contribution in [2.24, 2.45) is 0 Å². The maximum atomic E-state index is 13.4. The quantitative estimate of drug-likeness (QED) is 0.865. The Hall–Kier alpha value is -1.49. The molecule has 0 aliphatic heterocycles. The molecule has 0 bridgehead atoms. The zero-order chi connectivity index (χ0) is 13.1. The van der Waals surface area contributed by atoms with Crippen molar-refractivity contribution < 1.29 is 8.78 Å². The Bertz CT molecular complexity index is 573. The molecule has 0 amide bonds. The highest BCUT2D eigenvalue weighted by Crippen LogP contribution is 2.18. The fourth-order valence-corrected chi connectivity index (χ4v) is 1.75. The molecular weight excluding hydrogens is 302 g/mol. The maximum Gasteiger partial charge on any atom is 0.163 e. The maximum absolute atomic E-state index is 13.4. The minimum Gasteiger partial charge on any atom is -0.380 e. The lowest BCUT2D eigenvalue weighted by molar-refractivity contribution is 0.500. The summed E-state index contributed by atoms with van der Waals surface area (Å²) in [5.74, 6) is -1.65. The van der Waals surface area contributed by atoms with Crippen LogP contribution in [0.15, 0.2) is 35.1 Å². The van der Waals surface area contributed by atoms with Gasteiger partial charge in [0, 0.05) is 12.1 Å². The van der Waals surface area contributed by atoms with Crippen molar-refractivity contribution in [3.63, 3.8) is 0 Å². The number of pyridine rings is 1. The molecular formula is C13H11BrF2N2. The summed E-state index contributed by atoms with van der Waals surface area (Å²) in [5, 5.41) is 3.01. The normalized spacial score (nSPS) is 10.4. The molecule has 0 saturated heterocycles. The number of nitrogens with one attached hydrogen (secondary N) is 1. The number of halogens is 3. The number of hydrogen-bond donors (Lipinski definition) is 1. The highest BCUT2D eigenvalue weighted by Gasteiger charge is 2.07. The van der Waals surface area contributed by atoms with Crippen molar-refractivity contribution in [3.05, 3.63) is 57.8 Å². The van der Waals surface area contributed by atoms with Gasteiger partial charge in [-0.1, -0.05) is 12.1 Å². The van der Waals surface area contributed by atoms with Crippen LogP contribution in [-0.2, 0) is 6.54 Å². The predicted octanol–water partition coefficient (Wildman–Crippen LogP) is 4.04.